The van der Waals surface area contributed by atoms with Gasteiger partial charge in [-0.3, -0.25) is 0 Å². The molecule has 2 heterocycles. The van der Waals surface area contributed by atoms with Gasteiger partial charge in [-0.2, -0.15) is 0 Å². The highest BCUT2D eigenvalue weighted by Gasteiger charge is 2.13. The number of halogens is 1. The first kappa shape index (κ1) is 38.0. The molecule has 0 bridgehead atoms. The normalized spacial score (nSPS) is 12.8. The molecule has 0 saturated carbocycles. The minimum atomic E-state index is -0.389. The molecule has 14 rings (SSSR count). The van der Waals surface area contributed by atoms with Crippen molar-refractivity contribution in [1.82, 2.24) is 0 Å². The molecule has 368 valence electrons. The molecule has 0 spiro atoms. The minimum Gasteiger partial charge on any atom is -0.455 e. The van der Waals surface area contributed by atoms with Gasteiger partial charge in [0.2, 0.25) is 0 Å². The van der Waals surface area contributed by atoms with Crippen LogP contribution in [-0.2, 0) is 0 Å². The highest BCUT2D eigenvalue weighted by molar-refractivity contribution is 9.10. The van der Waals surface area contributed by atoms with E-state index in [-0.39, 0.29) is 71.6 Å². The van der Waals surface area contributed by atoms with Crippen LogP contribution in [0.25, 0.3) is 111 Å². The summed E-state index contributed by atoms with van der Waals surface area (Å²) >= 11 is 3.40. The minimum absolute atomic E-state index is 0.183. The standard InChI is InChI=1S/C36H25NO.C18H13Br.C18H13NO/c1-2-7-25(8-3-1)26-13-15-27(16-14-26)28-17-21-30(22-18-28)37-31-23-19-29(20-24-31)32-10-6-11-34-33-9-4-5-12-35(33)38-36(32)34;19-18-12-10-17(11-13-18)16-8-6-15(7-9-16)14-4-2-1-3-5-14;19-13-10-8-12(9-11-13)14-5-3-6-16-15-4-1-2-7-17(15)20-18(14)16/h1-24,37H;1-13H;1-11H,19H2/i1D,2D,3D,7D,8D;1D,2D,3D,4D,5D;. The van der Waals surface area contributed by atoms with Crippen molar-refractivity contribution in [3.63, 3.8) is 0 Å². The van der Waals surface area contributed by atoms with Gasteiger partial charge in [0, 0.05) is 54.2 Å². The van der Waals surface area contributed by atoms with Crippen LogP contribution in [0, 0.1) is 0 Å². The molecule has 0 amide bonds. The molecule has 0 aliphatic rings. The van der Waals surface area contributed by atoms with E-state index < -0.39 is 0 Å². The van der Waals surface area contributed by atoms with E-state index in [0.717, 1.165) is 110 Å². The Morgan fingerprint density at radius 1 is 0.312 bits per heavy atom. The first-order valence-electron chi connectivity index (χ1n) is 29.9. The lowest BCUT2D eigenvalue weighted by atomic mass is 10.0. The van der Waals surface area contributed by atoms with Gasteiger partial charge in [0.1, 0.15) is 22.3 Å². The highest BCUT2D eigenvalue weighted by Crippen LogP contribution is 2.38. The molecule has 0 aliphatic carbocycles. The lowest BCUT2D eigenvalue weighted by Crippen LogP contribution is -1.90. The Labute approximate surface area is 470 Å². The third kappa shape index (κ3) is 10.7. The van der Waals surface area contributed by atoms with Gasteiger partial charge in [0.15, 0.2) is 0 Å². The molecule has 0 radical (unpaired) electrons. The zero-order valence-electron chi connectivity index (χ0n) is 51.2. The Bertz CT molecular complexity index is 4820. The molecule has 4 nitrogen and oxygen atoms in total. The maximum Gasteiger partial charge on any atom is 0.143 e. The summed E-state index contributed by atoms with van der Waals surface area (Å²) in [6.07, 6.45) is 0. The Morgan fingerprint density at radius 3 is 1.05 bits per heavy atom. The Hall–Kier alpha value is -9.68. The van der Waals surface area contributed by atoms with Crippen molar-refractivity contribution in [2.24, 2.45) is 0 Å². The fraction of sp³-hybridized carbons (Fsp3) is 0. The van der Waals surface area contributed by atoms with E-state index in [0.29, 0.717) is 11.1 Å². The van der Waals surface area contributed by atoms with Gasteiger partial charge in [0.25, 0.3) is 0 Å². The first-order valence-corrected chi connectivity index (χ1v) is 25.7. The van der Waals surface area contributed by atoms with Crippen LogP contribution in [-0.4, -0.2) is 0 Å². The average molecular weight is 1070 g/mol. The van der Waals surface area contributed by atoms with Crippen LogP contribution in [0.4, 0.5) is 17.1 Å². The monoisotopic (exact) mass is 1060 g/mol. The number of para-hydroxylation sites is 4. The van der Waals surface area contributed by atoms with E-state index in [1.54, 1.807) is 24.3 Å². The highest BCUT2D eigenvalue weighted by atomic mass is 79.9. The average Bonchev–Trinajstić information content (AvgIpc) is 2.10. The second-order valence-electron chi connectivity index (χ2n) is 18.1. The number of benzene rings is 12. The summed E-state index contributed by atoms with van der Waals surface area (Å²) in [5.74, 6) is 0. The summed E-state index contributed by atoms with van der Waals surface area (Å²) < 4.78 is 92.7. The van der Waals surface area contributed by atoms with Gasteiger partial charge in [-0.05, 0) is 116 Å². The SMILES string of the molecule is Nc1ccc(-c2cccc3c2oc2ccccc23)cc1.[2H]c1c([2H])c([2H])c(-c2ccc(-c3ccc(Br)cc3)cc2)c([2H])c1[2H].[2H]c1c([2H])c([2H])c(-c2ccc(-c3ccc(Nc4ccc(-c5cccc6c5oc5ccccc56)cc4)cc3)cc2)c([2H])c1[2H]. The van der Waals surface area contributed by atoms with E-state index in [9.17, 15) is 0 Å². The fourth-order valence-electron chi connectivity index (χ4n) is 9.35. The molecule has 0 aliphatic heterocycles. The van der Waals surface area contributed by atoms with E-state index >= 15 is 0 Å². The van der Waals surface area contributed by atoms with Crippen LogP contribution in [0.2, 0.25) is 0 Å². The van der Waals surface area contributed by atoms with E-state index in [1.807, 2.05) is 133 Å². The van der Waals surface area contributed by atoms with Gasteiger partial charge in [-0.25, -0.2) is 0 Å². The van der Waals surface area contributed by atoms with E-state index in [4.69, 9.17) is 28.3 Å². The smallest absolute Gasteiger partial charge is 0.143 e. The molecule has 0 atom stereocenters. The zero-order chi connectivity index (χ0) is 60.6. The predicted octanol–water partition coefficient (Wildman–Crippen LogP) is 20.9. The summed E-state index contributed by atoms with van der Waals surface area (Å²) in [6.45, 7) is 0. The van der Waals surface area contributed by atoms with Crippen molar-refractivity contribution in [3.05, 3.63) is 295 Å². The second-order valence-corrected chi connectivity index (χ2v) is 19.0. The van der Waals surface area contributed by atoms with Gasteiger partial charge >= 0.3 is 0 Å². The molecule has 0 saturated heterocycles. The number of hydrogen-bond donors (Lipinski definition) is 2. The quantitative estimate of drug-likeness (QED) is 0.149. The number of nitrogens with one attached hydrogen (secondary N) is 1. The molecule has 2 aromatic heterocycles. The van der Waals surface area contributed by atoms with Crippen LogP contribution >= 0.6 is 15.9 Å². The van der Waals surface area contributed by atoms with Crippen molar-refractivity contribution in [1.29, 1.82) is 0 Å². The number of nitrogens with two attached hydrogens (primary N) is 1. The lowest BCUT2D eigenvalue weighted by molar-refractivity contribution is 0.669. The van der Waals surface area contributed by atoms with Crippen molar-refractivity contribution in [2.75, 3.05) is 11.1 Å². The number of hydrogen-bond acceptors (Lipinski definition) is 4. The van der Waals surface area contributed by atoms with E-state index in [1.165, 1.54) is 0 Å². The summed E-state index contributed by atoms with van der Waals surface area (Å²) in [6, 6.07) is 72.8. The molecule has 0 unspecified atom stereocenters. The van der Waals surface area contributed by atoms with Crippen LogP contribution in [0.15, 0.2) is 304 Å². The lowest BCUT2D eigenvalue weighted by Gasteiger charge is -2.10. The summed E-state index contributed by atoms with van der Waals surface area (Å²) in [4.78, 5) is 0. The Kier molecular flexibility index (Phi) is 10.9. The molecule has 12 aromatic carbocycles. The Morgan fingerprint density at radius 2 is 0.636 bits per heavy atom. The van der Waals surface area contributed by atoms with Gasteiger partial charge in [0.05, 0.1) is 13.7 Å². The summed E-state index contributed by atoms with van der Waals surface area (Å²) in [5.41, 5.74) is 22.1. The molecular formula is C72H51BrN2O2. The number of fused-ring (bicyclic) bond motifs is 6. The molecule has 3 N–H and O–H groups in total. The predicted molar refractivity (Wildman–Crippen MR) is 328 cm³/mol. The molecule has 77 heavy (non-hydrogen) atoms. The van der Waals surface area contributed by atoms with Crippen molar-refractivity contribution >= 4 is 76.9 Å². The summed E-state index contributed by atoms with van der Waals surface area (Å²) in [7, 11) is 0. The number of nitrogen functional groups attached to an aromatic ring is 1. The number of rotatable bonds is 8. The van der Waals surface area contributed by atoms with Crippen LogP contribution < -0.4 is 11.1 Å². The maximum absolute atomic E-state index is 8.23. The zero-order valence-corrected chi connectivity index (χ0v) is 42.8. The van der Waals surface area contributed by atoms with Crippen molar-refractivity contribution < 1.29 is 22.5 Å². The molecule has 0 fully saturated rings. The second kappa shape index (κ2) is 22.0. The molecule has 14 aromatic rings. The fourth-order valence-corrected chi connectivity index (χ4v) is 9.61. The summed E-state index contributed by atoms with van der Waals surface area (Å²) in [5, 5.41) is 7.99. The van der Waals surface area contributed by atoms with Gasteiger partial charge in [-0.15, -0.1) is 0 Å². The first-order chi connectivity index (χ1) is 42.1. The third-order valence-corrected chi connectivity index (χ3v) is 13.8. The molecule has 5 heteroatoms. The van der Waals surface area contributed by atoms with Gasteiger partial charge in [-0.1, -0.05) is 246 Å². The third-order valence-electron chi connectivity index (χ3n) is 13.3. The number of anilines is 3. The van der Waals surface area contributed by atoms with Crippen LogP contribution in [0.1, 0.15) is 13.7 Å². The largest absolute Gasteiger partial charge is 0.455 e. The van der Waals surface area contributed by atoms with E-state index in [2.05, 4.69) is 94.0 Å². The van der Waals surface area contributed by atoms with Crippen molar-refractivity contribution in [3.8, 4) is 66.8 Å². The molecular weight excluding hydrogens is 1000 g/mol. The van der Waals surface area contributed by atoms with Crippen molar-refractivity contribution in [2.45, 2.75) is 0 Å². The Balaban J connectivity index is 0.000000141. The van der Waals surface area contributed by atoms with Crippen LogP contribution in [0.3, 0.4) is 0 Å². The topological polar surface area (TPSA) is 64.3 Å². The van der Waals surface area contributed by atoms with Crippen LogP contribution in [0.5, 0.6) is 0 Å². The maximum atomic E-state index is 8.23. The van der Waals surface area contributed by atoms with Gasteiger partial charge < -0.3 is 19.9 Å². The number of furan rings is 2.